The number of nitrogens with one attached hydrogen (secondary N) is 1. The van der Waals surface area contributed by atoms with Gasteiger partial charge in [-0.05, 0) is 12.8 Å². The van der Waals surface area contributed by atoms with Crippen LogP contribution >= 0.6 is 11.3 Å². The van der Waals surface area contributed by atoms with E-state index in [-0.39, 0.29) is 17.7 Å². The Labute approximate surface area is 148 Å². The predicted molar refractivity (Wildman–Crippen MR) is 91.3 cm³/mol. The second kappa shape index (κ2) is 6.95. The van der Waals surface area contributed by atoms with Crippen molar-refractivity contribution in [3.63, 3.8) is 0 Å². The molecule has 25 heavy (non-hydrogen) atoms. The highest BCUT2D eigenvalue weighted by Crippen LogP contribution is 2.15. The standard InChI is InChI=1S/C16H19N5O3S/c22-12-1-3-20(4-2-12)10-13-7-14(19-24-13)15(23)17-8-11-9-21-5-6-25-16(21)18-11/h5-7,9,12,22H,1-4,8,10H2,(H,17,23). The van der Waals surface area contributed by atoms with E-state index in [0.29, 0.717) is 18.8 Å². The van der Waals surface area contributed by atoms with E-state index in [0.717, 1.165) is 36.6 Å². The topological polar surface area (TPSA) is 95.9 Å². The average Bonchev–Trinajstić information content (AvgIpc) is 3.30. The van der Waals surface area contributed by atoms with Crippen molar-refractivity contribution in [2.45, 2.75) is 32.0 Å². The van der Waals surface area contributed by atoms with Gasteiger partial charge in [-0.1, -0.05) is 5.16 Å². The number of likely N-dealkylation sites (tertiary alicyclic amines) is 1. The van der Waals surface area contributed by atoms with Crippen molar-refractivity contribution in [1.82, 2.24) is 24.8 Å². The molecule has 3 aromatic rings. The summed E-state index contributed by atoms with van der Waals surface area (Å²) in [5, 5.41) is 18.2. The Balaban J connectivity index is 1.31. The van der Waals surface area contributed by atoms with Crippen LogP contribution in [0.25, 0.3) is 4.96 Å². The van der Waals surface area contributed by atoms with Gasteiger partial charge in [0.15, 0.2) is 16.4 Å². The van der Waals surface area contributed by atoms with Gasteiger partial charge in [0.2, 0.25) is 0 Å². The van der Waals surface area contributed by atoms with Gasteiger partial charge in [0.1, 0.15) is 0 Å². The van der Waals surface area contributed by atoms with E-state index in [1.54, 1.807) is 17.4 Å². The van der Waals surface area contributed by atoms with Crippen molar-refractivity contribution in [2.24, 2.45) is 0 Å². The molecule has 0 unspecified atom stereocenters. The lowest BCUT2D eigenvalue weighted by atomic mass is 10.1. The van der Waals surface area contributed by atoms with E-state index in [2.05, 4.69) is 20.4 Å². The Kier molecular flexibility index (Phi) is 4.51. The average molecular weight is 361 g/mol. The van der Waals surface area contributed by atoms with E-state index in [1.165, 1.54) is 0 Å². The van der Waals surface area contributed by atoms with Gasteiger partial charge >= 0.3 is 0 Å². The molecule has 4 rings (SSSR count). The summed E-state index contributed by atoms with van der Waals surface area (Å²) in [6.45, 7) is 2.59. The van der Waals surface area contributed by atoms with Gasteiger partial charge in [-0.25, -0.2) is 4.98 Å². The van der Waals surface area contributed by atoms with Gasteiger partial charge in [-0.15, -0.1) is 11.3 Å². The Bertz CT molecular complexity index is 834. The zero-order chi connectivity index (χ0) is 17.2. The Morgan fingerprint density at radius 2 is 2.28 bits per heavy atom. The number of carbonyl (C=O) groups is 1. The second-order valence-electron chi connectivity index (χ2n) is 6.19. The van der Waals surface area contributed by atoms with Crippen LogP contribution in [0.3, 0.4) is 0 Å². The normalized spacial score (nSPS) is 16.5. The maximum Gasteiger partial charge on any atom is 0.273 e. The summed E-state index contributed by atoms with van der Waals surface area (Å²) >= 11 is 1.55. The number of nitrogens with zero attached hydrogens (tertiary/aromatic N) is 4. The lowest BCUT2D eigenvalue weighted by Gasteiger charge is -2.28. The summed E-state index contributed by atoms with van der Waals surface area (Å²) in [5.41, 5.74) is 1.07. The van der Waals surface area contributed by atoms with E-state index in [9.17, 15) is 9.90 Å². The zero-order valence-electron chi connectivity index (χ0n) is 13.6. The predicted octanol–water partition coefficient (Wildman–Crippen LogP) is 1.27. The van der Waals surface area contributed by atoms with Crippen molar-refractivity contribution in [3.8, 4) is 0 Å². The molecule has 8 nitrogen and oxygen atoms in total. The number of hydrogen-bond donors (Lipinski definition) is 2. The number of fused-ring (bicyclic) bond motifs is 1. The third-order valence-corrected chi connectivity index (χ3v) is 5.07. The van der Waals surface area contributed by atoms with Crippen molar-refractivity contribution < 1.29 is 14.4 Å². The van der Waals surface area contributed by atoms with Gasteiger partial charge in [0, 0.05) is 36.9 Å². The van der Waals surface area contributed by atoms with E-state index < -0.39 is 0 Å². The Hall–Kier alpha value is -2.23. The molecule has 9 heteroatoms. The number of aliphatic hydroxyl groups is 1. The molecule has 2 N–H and O–H groups in total. The maximum absolute atomic E-state index is 12.2. The van der Waals surface area contributed by atoms with E-state index >= 15 is 0 Å². The molecule has 0 radical (unpaired) electrons. The highest BCUT2D eigenvalue weighted by molar-refractivity contribution is 7.15. The minimum atomic E-state index is -0.277. The fraction of sp³-hybridized carbons (Fsp3) is 0.438. The third kappa shape index (κ3) is 3.73. The Morgan fingerprint density at radius 1 is 1.44 bits per heavy atom. The molecular formula is C16H19N5O3S. The molecule has 1 amide bonds. The molecule has 1 aliphatic heterocycles. The summed E-state index contributed by atoms with van der Waals surface area (Å²) in [5.74, 6) is 0.379. The van der Waals surface area contributed by atoms with Gasteiger partial charge in [0.25, 0.3) is 5.91 Å². The smallest absolute Gasteiger partial charge is 0.273 e. The zero-order valence-corrected chi connectivity index (χ0v) is 14.4. The summed E-state index contributed by atoms with van der Waals surface area (Å²) in [7, 11) is 0. The molecule has 0 atom stereocenters. The number of aromatic nitrogens is 3. The molecule has 0 bridgehead atoms. The fourth-order valence-corrected chi connectivity index (χ4v) is 3.63. The first-order valence-electron chi connectivity index (χ1n) is 8.22. The summed E-state index contributed by atoms with van der Waals surface area (Å²) in [4.78, 5) is 19.7. The van der Waals surface area contributed by atoms with Crippen LogP contribution in [0.5, 0.6) is 0 Å². The Morgan fingerprint density at radius 3 is 3.08 bits per heavy atom. The van der Waals surface area contributed by atoms with Crippen molar-refractivity contribution >= 4 is 22.2 Å². The van der Waals surface area contributed by atoms with Crippen molar-refractivity contribution in [3.05, 3.63) is 41.0 Å². The number of rotatable bonds is 5. The number of piperidine rings is 1. The molecular weight excluding hydrogens is 342 g/mol. The SMILES string of the molecule is O=C(NCc1cn2ccsc2n1)c1cc(CN2CCC(O)CC2)on1. The summed E-state index contributed by atoms with van der Waals surface area (Å²) < 4.78 is 7.20. The first-order chi connectivity index (χ1) is 12.2. The van der Waals surface area contributed by atoms with Crippen LogP contribution < -0.4 is 5.32 Å². The third-order valence-electron chi connectivity index (χ3n) is 4.30. The van der Waals surface area contributed by atoms with Crippen LogP contribution in [-0.2, 0) is 13.1 Å². The lowest BCUT2D eigenvalue weighted by molar-refractivity contribution is 0.0748. The fourth-order valence-electron chi connectivity index (χ4n) is 2.91. The molecule has 0 aliphatic carbocycles. The van der Waals surface area contributed by atoms with Crippen LogP contribution in [0.15, 0.2) is 28.4 Å². The van der Waals surface area contributed by atoms with Crippen LogP contribution in [0.2, 0.25) is 0 Å². The van der Waals surface area contributed by atoms with Gasteiger partial charge in [-0.2, -0.15) is 0 Å². The molecule has 1 aliphatic rings. The van der Waals surface area contributed by atoms with E-state index in [4.69, 9.17) is 4.52 Å². The molecule has 0 saturated carbocycles. The van der Waals surface area contributed by atoms with Crippen molar-refractivity contribution in [1.29, 1.82) is 0 Å². The van der Waals surface area contributed by atoms with Gasteiger partial charge < -0.3 is 14.9 Å². The first kappa shape index (κ1) is 16.2. The molecule has 4 heterocycles. The summed E-state index contributed by atoms with van der Waals surface area (Å²) in [6, 6.07) is 1.67. The van der Waals surface area contributed by atoms with Crippen LogP contribution in [-0.4, -0.2) is 49.6 Å². The number of aliphatic hydroxyl groups excluding tert-OH is 1. The molecule has 132 valence electrons. The number of amides is 1. The highest BCUT2D eigenvalue weighted by atomic mass is 32.1. The monoisotopic (exact) mass is 361 g/mol. The molecule has 3 aromatic heterocycles. The quantitative estimate of drug-likeness (QED) is 0.711. The van der Waals surface area contributed by atoms with Gasteiger partial charge in [0.05, 0.1) is 24.9 Å². The minimum Gasteiger partial charge on any atom is -0.393 e. The first-order valence-corrected chi connectivity index (χ1v) is 9.10. The molecule has 1 saturated heterocycles. The highest BCUT2D eigenvalue weighted by Gasteiger charge is 2.19. The number of imidazole rings is 1. The van der Waals surface area contributed by atoms with Gasteiger partial charge in [-0.3, -0.25) is 14.1 Å². The molecule has 0 aromatic carbocycles. The van der Waals surface area contributed by atoms with E-state index in [1.807, 2.05) is 22.2 Å². The number of thiazole rings is 1. The second-order valence-corrected chi connectivity index (χ2v) is 7.07. The minimum absolute atomic E-state index is 0.203. The number of carbonyl (C=O) groups excluding carboxylic acids is 1. The summed E-state index contributed by atoms with van der Waals surface area (Å²) in [6.07, 6.45) is 5.16. The lowest BCUT2D eigenvalue weighted by Crippen LogP contribution is -2.35. The molecule has 1 fully saturated rings. The maximum atomic E-state index is 12.2. The van der Waals surface area contributed by atoms with Crippen molar-refractivity contribution in [2.75, 3.05) is 13.1 Å². The van der Waals surface area contributed by atoms with Crippen LogP contribution in [0, 0.1) is 0 Å². The van der Waals surface area contributed by atoms with Crippen LogP contribution in [0.1, 0.15) is 34.8 Å². The largest absolute Gasteiger partial charge is 0.393 e. The molecule has 0 spiro atoms. The number of hydrogen-bond acceptors (Lipinski definition) is 7. The van der Waals surface area contributed by atoms with Crippen LogP contribution in [0.4, 0.5) is 0 Å².